The van der Waals surface area contributed by atoms with Crippen LogP contribution in [-0.2, 0) is 14.8 Å². The fourth-order valence-electron chi connectivity index (χ4n) is 4.39. The van der Waals surface area contributed by atoms with Gasteiger partial charge in [0, 0.05) is 39.4 Å². The number of rotatable bonds is 5. The molecule has 1 aliphatic heterocycles. The van der Waals surface area contributed by atoms with Gasteiger partial charge in [0.05, 0.1) is 22.3 Å². The van der Waals surface area contributed by atoms with Crippen molar-refractivity contribution in [2.24, 2.45) is 5.92 Å². The van der Waals surface area contributed by atoms with Crippen molar-refractivity contribution in [3.8, 4) is 16.9 Å². The van der Waals surface area contributed by atoms with Gasteiger partial charge in [0.1, 0.15) is 12.4 Å². The van der Waals surface area contributed by atoms with Crippen molar-refractivity contribution in [3.05, 3.63) is 78.4 Å². The monoisotopic (exact) mass is 537 g/mol. The van der Waals surface area contributed by atoms with Gasteiger partial charge in [-0.15, -0.1) is 0 Å². The van der Waals surface area contributed by atoms with Crippen LogP contribution in [0.15, 0.2) is 77.7 Å². The molecule has 0 aliphatic carbocycles. The summed E-state index contributed by atoms with van der Waals surface area (Å²) in [7, 11) is -0.484. The number of likely N-dealkylation sites (N-methyl/N-ethyl adjacent to an activating group) is 1. The zero-order valence-corrected chi connectivity index (χ0v) is 23.0. The fourth-order valence-corrected chi connectivity index (χ4v) is 5.44. The van der Waals surface area contributed by atoms with E-state index in [1.165, 1.54) is 0 Å². The van der Waals surface area contributed by atoms with E-state index >= 15 is 0 Å². The third kappa shape index (κ3) is 6.53. The minimum absolute atomic E-state index is 0.0125. The van der Waals surface area contributed by atoms with Crippen LogP contribution in [0.4, 0.5) is 5.69 Å². The van der Waals surface area contributed by atoms with E-state index in [-0.39, 0.29) is 28.9 Å². The van der Waals surface area contributed by atoms with Gasteiger partial charge in [-0.1, -0.05) is 49.4 Å². The fraction of sp³-hybridized carbons (Fsp3) is 0.345. The molecule has 0 spiro atoms. The second kappa shape index (κ2) is 12.0. The molecule has 2 N–H and O–H groups in total. The van der Waals surface area contributed by atoms with Gasteiger partial charge >= 0.3 is 0 Å². The van der Waals surface area contributed by atoms with Crippen LogP contribution in [0.1, 0.15) is 24.2 Å². The molecule has 4 rings (SSSR count). The largest absolute Gasteiger partial charge is 0.491 e. The Labute approximate surface area is 225 Å². The lowest BCUT2D eigenvalue weighted by Gasteiger charge is -2.30. The molecule has 3 aromatic rings. The lowest BCUT2D eigenvalue weighted by Crippen LogP contribution is -2.44. The smallest absolute Gasteiger partial charge is 0.261 e. The Bertz CT molecular complexity index is 1350. The van der Waals surface area contributed by atoms with Crippen molar-refractivity contribution in [1.82, 2.24) is 10.2 Å². The molecule has 0 fully saturated rings. The zero-order chi connectivity index (χ0) is 27.3. The van der Waals surface area contributed by atoms with Crippen molar-refractivity contribution in [3.63, 3.8) is 0 Å². The lowest BCUT2D eigenvalue weighted by molar-refractivity contribution is 0.0281. The Balaban J connectivity index is 1.58. The van der Waals surface area contributed by atoms with Crippen LogP contribution in [0, 0.1) is 5.92 Å². The number of hydrogen-bond acceptors (Lipinski definition) is 6. The second-order valence-corrected chi connectivity index (χ2v) is 11.4. The first-order chi connectivity index (χ1) is 18.2. The summed E-state index contributed by atoms with van der Waals surface area (Å²) in [6.07, 6.45) is -0.133. The summed E-state index contributed by atoms with van der Waals surface area (Å²) >= 11 is 0. The molecule has 38 heavy (non-hydrogen) atoms. The molecule has 8 nitrogen and oxygen atoms in total. The van der Waals surface area contributed by atoms with Gasteiger partial charge in [-0.25, -0.2) is 8.42 Å². The van der Waals surface area contributed by atoms with Gasteiger partial charge < -0.3 is 19.7 Å². The molecule has 0 saturated carbocycles. The number of amides is 1. The van der Waals surface area contributed by atoms with Gasteiger partial charge in [-0.2, -0.15) is 0 Å². The molecular formula is C29H35N3O5S. The number of sulfonamides is 1. The Morgan fingerprint density at radius 1 is 1.00 bits per heavy atom. The summed E-state index contributed by atoms with van der Waals surface area (Å²) in [6, 6.07) is 21.2. The van der Waals surface area contributed by atoms with Gasteiger partial charge in [0.25, 0.3) is 15.9 Å². The van der Waals surface area contributed by atoms with Crippen molar-refractivity contribution < 1.29 is 22.7 Å². The molecule has 0 unspecified atom stereocenters. The van der Waals surface area contributed by atoms with E-state index in [0.29, 0.717) is 36.7 Å². The van der Waals surface area contributed by atoms with E-state index in [1.54, 1.807) is 61.5 Å². The van der Waals surface area contributed by atoms with Crippen LogP contribution < -0.4 is 14.8 Å². The Morgan fingerprint density at radius 2 is 1.68 bits per heavy atom. The summed E-state index contributed by atoms with van der Waals surface area (Å²) < 4.78 is 40.6. The molecule has 1 heterocycles. The van der Waals surface area contributed by atoms with E-state index in [0.717, 1.165) is 11.1 Å². The highest BCUT2D eigenvalue weighted by atomic mass is 32.2. The topological polar surface area (TPSA) is 97.0 Å². The third-order valence-electron chi connectivity index (χ3n) is 6.75. The predicted molar refractivity (Wildman–Crippen MR) is 149 cm³/mol. The molecular weight excluding hydrogens is 502 g/mol. The van der Waals surface area contributed by atoms with Crippen molar-refractivity contribution in [1.29, 1.82) is 0 Å². The maximum absolute atomic E-state index is 13.3. The lowest BCUT2D eigenvalue weighted by atomic mass is 10.0. The SMILES string of the molecule is CO[C@H]1CN(C)C(=O)c2ccc(NS(=O)(=O)c3ccc(-c4ccccc4)cc3)cc2OC[C@@H](C)NC[C@H]1C. The van der Waals surface area contributed by atoms with E-state index < -0.39 is 10.0 Å². The normalized spacial score (nSPS) is 21.0. The van der Waals surface area contributed by atoms with E-state index in [4.69, 9.17) is 9.47 Å². The summed E-state index contributed by atoms with van der Waals surface area (Å²) in [5, 5.41) is 3.44. The first-order valence-electron chi connectivity index (χ1n) is 12.6. The summed E-state index contributed by atoms with van der Waals surface area (Å²) in [5.74, 6) is 0.286. The molecule has 1 aliphatic rings. The van der Waals surface area contributed by atoms with Crippen LogP contribution in [0.3, 0.4) is 0 Å². The van der Waals surface area contributed by atoms with Crippen molar-refractivity contribution in [2.45, 2.75) is 30.9 Å². The standard InChI is InChI=1S/C29H35N3O5S/c1-20-17-30-21(2)19-37-27-16-24(12-15-26(27)29(33)32(3)18-28(20)36-4)31-38(34,35)25-13-10-23(11-14-25)22-8-6-5-7-9-22/h5-16,20-21,28,30-31H,17-19H2,1-4H3/t20-,21-,28+/m1/s1. The number of ether oxygens (including phenoxy) is 2. The number of hydrogen-bond donors (Lipinski definition) is 2. The number of fused-ring (bicyclic) bond motifs is 1. The van der Waals surface area contributed by atoms with Crippen LogP contribution >= 0.6 is 0 Å². The number of nitrogens with zero attached hydrogens (tertiary/aromatic N) is 1. The second-order valence-electron chi connectivity index (χ2n) is 9.76. The van der Waals surface area contributed by atoms with Crippen LogP contribution in [0.25, 0.3) is 11.1 Å². The maximum Gasteiger partial charge on any atom is 0.261 e. The summed E-state index contributed by atoms with van der Waals surface area (Å²) in [6.45, 7) is 5.52. The Hall–Kier alpha value is -3.40. The predicted octanol–water partition coefficient (Wildman–Crippen LogP) is 4.25. The third-order valence-corrected chi connectivity index (χ3v) is 8.15. The number of anilines is 1. The molecule has 0 radical (unpaired) electrons. The molecule has 3 aromatic carbocycles. The summed E-state index contributed by atoms with van der Waals surface area (Å²) in [5.41, 5.74) is 2.60. The average molecular weight is 538 g/mol. The zero-order valence-electron chi connectivity index (χ0n) is 22.2. The van der Waals surface area contributed by atoms with E-state index in [2.05, 4.69) is 17.0 Å². The van der Waals surface area contributed by atoms with Gasteiger partial charge in [-0.05, 0) is 48.2 Å². The molecule has 3 atom stereocenters. The Kier molecular flexibility index (Phi) is 8.71. The molecule has 0 saturated heterocycles. The highest BCUT2D eigenvalue weighted by molar-refractivity contribution is 7.92. The number of carbonyl (C=O) groups is 1. The molecule has 202 valence electrons. The first-order valence-corrected chi connectivity index (χ1v) is 14.1. The van der Waals surface area contributed by atoms with Gasteiger partial charge in [0.15, 0.2) is 0 Å². The maximum atomic E-state index is 13.3. The summed E-state index contributed by atoms with van der Waals surface area (Å²) in [4.78, 5) is 15.1. The van der Waals surface area contributed by atoms with Gasteiger partial charge in [-0.3, -0.25) is 9.52 Å². The number of methoxy groups -OCH3 is 1. The van der Waals surface area contributed by atoms with Crippen LogP contribution in [-0.4, -0.2) is 65.2 Å². The van der Waals surface area contributed by atoms with Crippen LogP contribution in [0.2, 0.25) is 0 Å². The first kappa shape index (κ1) is 27.6. The van der Waals surface area contributed by atoms with E-state index in [9.17, 15) is 13.2 Å². The number of carbonyl (C=O) groups excluding carboxylic acids is 1. The number of nitrogens with one attached hydrogen (secondary N) is 2. The average Bonchev–Trinajstić information content (AvgIpc) is 2.93. The highest BCUT2D eigenvalue weighted by Crippen LogP contribution is 2.28. The van der Waals surface area contributed by atoms with Crippen molar-refractivity contribution >= 4 is 21.6 Å². The molecule has 1 amide bonds. The molecule has 0 bridgehead atoms. The highest BCUT2D eigenvalue weighted by Gasteiger charge is 2.26. The van der Waals surface area contributed by atoms with E-state index in [1.807, 2.05) is 37.3 Å². The molecule has 0 aromatic heterocycles. The molecule has 9 heteroatoms. The quantitative estimate of drug-likeness (QED) is 0.505. The minimum Gasteiger partial charge on any atom is -0.491 e. The van der Waals surface area contributed by atoms with Crippen LogP contribution in [0.5, 0.6) is 5.75 Å². The minimum atomic E-state index is -3.86. The Morgan fingerprint density at radius 3 is 2.37 bits per heavy atom. The van der Waals surface area contributed by atoms with Crippen molar-refractivity contribution in [2.75, 3.05) is 38.6 Å². The van der Waals surface area contributed by atoms with Gasteiger partial charge in [0.2, 0.25) is 0 Å². The number of benzene rings is 3.